The number of hydrogen-bond acceptors (Lipinski definition) is 6. The van der Waals surface area contributed by atoms with Crippen molar-refractivity contribution >= 4 is 22.8 Å². The summed E-state index contributed by atoms with van der Waals surface area (Å²) >= 11 is 0. The number of nitrogens with zero attached hydrogens (tertiary/aromatic N) is 5. The van der Waals surface area contributed by atoms with Crippen LogP contribution in [0.3, 0.4) is 0 Å². The van der Waals surface area contributed by atoms with Gasteiger partial charge in [0.15, 0.2) is 6.39 Å². The van der Waals surface area contributed by atoms with Crippen LogP contribution in [-0.2, 0) is 0 Å². The number of anilines is 1. The highest BCUT2D eigenvalue weighted by Crippen LogP contribution is 2.45. The van der Waals surface area contributed by atoms with Crippen LogP contribution in [-0.4, -0.2) is 55.9 Å². The zero-order valence-corrected chi connectivity index (χ0v) is 14.6. The maximum absolute atomic E-state index is 13.0. The molecule has 1 aliphatic heterocycles. The summed E-state index contributed by atoms with van der Waals surface area (Å²) < 4.78 is 5.36. The Labute approximate surface area is 150 Å². The van der Waals surface area contributed by atoms with Gasteiger partial charge in [0.25, 0.3) is 5.91 Å². The fourth-order valence-electron chi connectivity index (χ4n) is 3.99. The van der Waals surface area contributed by atoms with Crippen molar-refractivity contribution in [1.29, 1.82) is 0 Å². The van der Waals surface area contributed by atoms with Crippen LogP contribution in [0.5, 0.6) is 0 Å². The van der Waals surface area contributed by atoms with Gasteiger partial charge in [0.2, 0.25) is 5.76 Å². The molecule has 4 heterocycles. The number of amides is 1. The van der Waals surface area contributed by atoms with Gasteiger partial charge in [-0.1, -0.05) is 0 Å². The lowest BCUT2D eigenvalue weighted by Gasteiger charge is -2.32. The van der Waals surface area contributed by atoms with E-state index in [1.165, 1.54) is 6.39 Å². The van der Waals surface area contributed by atoms with Crippen LogP contribution in [0.15, 0.2) is 29.4 Å². The SMILES string of the molecule is Cc1ncoc1C(=O)N1CCCN(c2ncnc3[nH]ccc23)CC12CC2. The Morgan fingerprint density at radius 2 is 2.15 bits per heavy atom. The minimum Gasteiger partial charge on any atom is -0.438 e. The first-order valence-corrected chi connectivity index (χ1v) is 8.93. The number of oxazole rings is 1. The first-order valence-electron chi connectivity index (χ1n) is 8.93. The molecule has 2 aliphatic rings. The van der Waals surface area contributed by atoms with Crippen LogP contribution in [0.2, 0.25) is 0 Å². The van der Waals surface area contributed by atoms with E-state index in [1.54, 1.807) is 6.33 Å². The number of nitrogens with one attached hydrogen (secondary N) is 1. The molecule has 26 heavy (non-hydrogen) atoms. The molecule has 3 aromatic rings. The van der Waals surface area contributed by atoms with Crippen molar-refractivity contribution in [1.82, 2.24) is 24.8 Å². The Bertz CT molecular complexity index is 973. The van der Waals surface area contributed by atoms with Crippen LogP contribution in [0.1, 0.15) is 35.5 Å². The number of carbonyl (C=O) groups excluding carboxylic acids is 1. The lowest BCUT2D eigenvalue weighted by atomic mass is 10.2. The third kappa shape index (κ3) is 2.28. The number of hydrogen-bond donors (Lipinski definition) is 1. The number of fused-ring (bicyclic) bond motifs is 1. The Kier molecular flexibility index (Phi) is 3.28. The van der Waals surface area contributed by atoms with Gasteiger partial charge in [0.05, 0.1) is 16.6 Å². The molecule has 134 valence electrons. The molecule has 0 atom stereocenters. The van der Waals surface area contributed by atoms with Gasteiger partial charge in [-0.15, -0.1) is 0 Å². The molecule has 1 spiro atoms. The van der Waals surface area contributed by atoms with Gasteiger partial charge < -0.3 is 19.2 Å². The van der Waals surface area contributed by atoms with E-state index >= 15 is 0 Å². The van der Waals surface area contributed by atoms with Crippen molar-refractivity contribution < 1.29 is 9.21 Å². The predicted molar refractivity (Wildman–Crippen MR) is 95.0 cm³/mol. The summed E-state index contributed by atoms with van der Waals surface area (Å²) in [5.41, 5.74) is 1.35. The van der Waals surface area contributed by atoms with E-state index in [9.17, 15) is 4.79 Å². The van der Waals surface area contributed by atoms with Crippen LogP contribution < -0.4 is 4.90 Å². The van der Waals surface area contributed by atoms with Gasteiger partial charge in [-0.3, -0.25) is 4.79 Å². The van der Waals surface area contributed by atoms with Crippen LogP contribution in [0, 0.1) is 6.92 Å². The minimum atomic E-state index is -0.138. The van der Waals surface area contributed by atoms with E-state index in [4.69, 9.17) is 4.42 Å². The third-order valence-corrected chi connectivity index (χ3v) is 5.51. The monoisotopic (exact) mass is 352 g/mol. The summed E-state index contributed by atoms with van der Waals surface area (Å²) in [6, 6.07) is 2.01. The summed E-state index contributed by atoms with van der Waals surface area (Å²) in [6.45, 7) is 4.17. The van der Waals surface area contributed by atoms with E-state index in [0.29, 0.717) is 11.5 Å². The summed E-state index contributed by atoms with van der Waals surface area (Å²) in [5, 5.41) is 1.02. The van der Waals surface area contributed by atoms with E-state index in [1.807, 2.05) is 24.1 Å². The average molecular weight is 352 g/mol. The van der Waals surface area contributed by atoms with Gasteiger partial charge in [-0.2, -0.15) is 0 Å². The highest BCUT2D eigenvalue weighted by atomic mass is 16.3. The fourth-order valence-corrected chi connectivity index (χ4v) is 3.99. The molecule has 0 bridgehead atoms. The van der Waals surface area contributed by atoms with Crippen LogP contribution >= 0.6 is 0 Å². The first-order chi connectivity index (χ1) is 12.7. The summed E-state index contributed by atoms with van der Waals surface area (Å²) in [7, 11) is 0. The minimum absolute atomic E-state index is 0.0474. The van der Waals surface area contributed by atoms with Gasteiger partial charge in [0, 0.05) is 25.8 Å². The maximum Gasteiger partial charge on any atom is 0.292 e. The zero-order valence-electron chi connectivity index (χ0n) is 14.6. The molecular weight excluding hydrogens is 332 g/mol. The van der Waals surface area contributed by atoms with Gasteiger partial charge in [0.1, 0.15) is 17.8 Å². The standard InChI is InChI=1S/C18H20N6O2/c1-12-14(26-11-22-12)17(25)24-8-2-7-23(9-18(24)4-5-18)16-13-3-6-19-15(13)20-10-21-16/h3,6,10-11H,2,4-5,7-9H2,1H3,(H,19,20,21). The molecule has 3 aromatic heterocycles. The summed E-state index contributed by atoms with van der Waals surface area (Å²) in [4.78, 5) is 33.4. The highest BCUT2D eigenvalue weighted by Gasteiger charge is 2.53. The number of aromatic nitrogens is 4. The molecule has 0 aromatic carbocycles. The van der Waals surface area contributed by atoms with Crippen molar-refractivity contribution in [3.8, 4) is 0 Å². The fraction of sp³-hybridized carbons (Fsp3) is 0.444. The molecule has 0 radical (unpaired) electrons. The Balaban J connectivity index is 1.47. The highest BCUT2D eigenvalue weighted by molar-refractivity contribution is 5.93. The summed E-state index contributed by atoms with van der Waals surface area (Å²) in [5.74, 6) is 1.25. The van der Waals surface area contributed by atoms with Crippen molar-refractivity contribution in [2.45, 2.75) is 31.7 Å². The lowest BCUT2D eigenvalue weighted by molar-refractivity contribution is 0.0635. The number of aromatic amines is 1. The van der Waals surface area contributed by atoms with Crippen molar-refractivity contribution in [3.05, 3.63) is 36.4 Å². The second-order valence-electron chi connectivity index (χ2n) is 7.16. The predicted octanol–water partition coefficient (Wildman–Crippen LogP) is 2.14. The van der Waals surface area contributed by atoms with Crippen LogP contribution in [0.4, 0.5) is 5.82 Å². The molecule has 1 saturated carbocycles. The van der Waals surface area contributed by atoms with E-state index in [0.717, 1.165) is 55.7 Å². The number of H-pyrrole nitrogens is 1. The van der Waals surface area contributed by atoms with Gasteiger partial charge in [-0.25, -0.2) is 15.0 Å². The van der Waals surface area contributed by atoms with E-state index < -0.39 is 0 Å². The van der Waals surface area contributed by atoms with Crippen molar-refractivity contribution in [3.63, 3.8) is 0 Å². The third-order valence-electron chi connectivity index (χ3n) is 5.51. The molecule has 8 nitrogen and oxygen atoms in total. The Hall–Kier alpha value is -2.90. The second-order valence-corrected chi connectivity index (χ2v) is 7.16. The Morgan fingerprint density at radius 1 is 1.27 bits per heavy atom. The largest absolute Gasteiger partial charge is 0.438 e. The second kappa shape index (κ2) is 5.55. The maximum atomic E-state index is 13.0. The van der Waals surface area contributed by atoms with Crippen LogP contribution in [0.25, 0.3) is 11.0 Å². The molecule has 2 fully saturated rings. The topological polar surface area (TPSA) is 91.2 Å². The normalized spacial score (nSPS) is 19.1. The quantitative estimate of drug-likeness (QED) is 0.760. The van der Waals surface area contributed by atoms with E-state index in [-0.39, 0.29) is 11.4 Å². The molecule has 1 aliphatic carbocycles. The lowest BCUT2D eigenvalue weighted by Crippen LogP contribution is -2.46. The number of aryl methyl sites for hydroxylation is 1. The number of carbonyl (C=O) groups is 1. The smallest absolute Gasteiger partial charge is 0.292 e. The average Bonchev–Trinajstić information content (AvgIpc) is 3.09. The van der Waals surface area contributed by atoms with Gasteiger partial charge in [-0.05, 0) is 32.3 Å². The molecule has 1 amide bonds. The van der Waals surface area contributed by atoms with Crippen molar-refractivity contribution in [2.75, 3.05) is 24.5 Å². The molecule has 1 saturated heterocycles. The van der Waals surface area contributed by atoms with Gasteiger partial charge >= 0.3 is 0 Å². The molecule has 0 unspecified atom stereocenters. The molecule has 1 N–H and O–H groups in total. The zero-order chi connectivity index (χ0) is 17.7. The molecule has 8 heteroatoms. The van der Waals surface area contributed by atoms with E-state index in [2.05, 4.69) is 24.8 Å². The number of rotatable bonds is 2. The molecular formula is C18H20N6O2. The first kappa shape index (κ1) is 15.4. The summed E-state index contributed by atoms with van der Waals surface area (Å²) in [6.07, 6.45) is 7.72. The van der Waals surface area contributed by atoms with Crippen molar-refractivity contribution in [2.24, 2.45) is 0 Å². The molecule has 5 rings (SSSR count). The Morgan fingerprint density at radius 3 is 2.92 bits per heavy atom.